The number of aromatic nitrogens is 3. The first-order valence-electron chi connectivity index (χ1n) is 6.11. The lowest BCUT2D eigenvalue weighted by Crippen LogP contribution is -1.93. The first-order chi connectivity index (χ1) is 9.83. The fourth-order valence-corrected chi connectivity index (χ4v) is 2.13. The second-order valence-electron chi connectivity index (χ2n) is 4.16. The number of benzene rings is 1. The van der Waals surface area contributed by atoms with Crippen LogP contribution < -0.4 is 9.47 Å². The summed E-state index contributed by atoms with van der Waals surface area (Å²) in [6.07, 6.45) is 3.23. The van der Waals surface area contributed by atoms with Crippen LogP contribution in [0, 0.1) is 0 Å². The predicted molar refractivity (Wildman–Crippen MR) is 75.9 cm³/mol. The number of pyridine rings is 1. The van der Waals surface area contributed by atoms with Crippen molar-refractivity contribution >= 4 is 10.9 Å². The Morgan fingerprint density at radius 3 is 2.65 bits per heavy atom. The number of rotatable bonds is 3. The van der Waals surface area contributed by atoms with Crippen molar-refractivity contribution in [3.05, 3.63) is 42.9 Å². The van der Waals surface area contributed by atoms with E-state index >= 15 is 0 Å². The molecule has 0 atom stereocenters. The molecule has 0 fully saturated rings. The molecule has 0 radical (unpaired) electrons. The normalized spacial score (nSPS) is 10.5. The van der Waals surface area contributed by atoms with E-state index in [4.69, 9.17) is 9.47 Å². The summed E-state index contributed by atoms with van der Waals surface area (Å²) in [5, 5.41) is 0.979. The lowest BCUT2D eigenvalue weighted by Gasteiger charge is -2.09. The van der Waals surface area contributed by atoms with Crippen molar-refractivity contribution in [2.75, 3.05) is 14.2 Å². The number of hydrogen-bond acceptors (Lipinski definition) is 5. The van der Waals surface area contributed by atoms with Crippen molar-refractivity contribution in [1.29, 1.82) is 0 Å². The van der Waals surface area contributed by atoms with Gasteiger partial charge in [-0.2, -0.15) is 0 Å². The minimum Gasteiger partial charge on any atom is -0.494 e. The van der Waals surface area contributed by atoms with E-state index < -0.39 is 0 Å². The van der Waals surface area contributed by atoms with Crippen molar-refractivity contribution in [2.24, 2.45) is 0 Å². The van der Waals surface area contributed by atoms with Crippen molar-refractivity contribution in [2.45, 2.75) is 0 Å². The monoisotopic (exact) mass is 267 g/mol. The highest BCUT2D eigenvalue weighted by Crippen LogP contribution is 2.32. The standard InChI is InChI=1S/C15H13N3O2/c1-19-13-6-5-10(11-4-3-7-16-15(11)13)12-8-14(20-2)18-9-17-12/h3-9H,1-2H3. The third-order valence-corrected chi connectivity index (χ3v) is 3.08. The maximum absolute atomic E-state index is 5.34. The number of hydrogen-bond donors (Lipinski definition) is 0. The average Bonchev–Trinajstić information content (AvgIpc) is 2.54. The second-order valence-corrected chi connectivity index (χ2v) is 4.16. The smallest absolute Gasteiger partial charge is 0.216 e. The zero-order valence-corrected chi connectivity index (χ0v) is 11.2. The summed E-state index contributed by atoms with van der Waals surface area (Å²) in [7, 11) is 3.22. The number of methoxy groups -OCH3 is 2. The van der Waals surface area contributed by atoms with E-state index in [9.17, 15) is 0 Å². The minimum absolute atomic E-state index is 0.530. The number of nitrogens with zero attached hydrogens (tertiary/aromatic N) is 3. The van der Waals surface area contributed by atoms with Crippen LogP contribution in [0.25, 0.3) is 22.2 Å². The van der Waals surface area contributed by atoms with Gasteiger partial charge in [0.05, 0.1) is 19.9 Å². The molecule has 3 rings (SSSR count). The van der Waals surface area contributed by atoms with Crippen LogP contribution in [0.5, 0.6) is 11.6 Å². The molecule has 2 aromatic heterocycles. The summed E-state index contributed by atoms with van der Waals surface area (Å²) in [4.78, 5) is 12.7. The summed E-state index contributed by atoms with van der Waals surface area (Å²) in [6.45, 7) is 0. The molecular weight excluding hydrogens is 254 g/mol. The summed E-state index contributed by atoms with van der Waals surface area (Å²) in [5.74, 6) is 1.27. The highest BCUT2D eigenvalue weighted by atomic mass is 16.5. The lowest BCUT2D eigenvalue weighted by atomic mass is 10.0. The van der Waals surface area contributed by atoms with Gasteiger partial charge < -0.3 is 9.47 Å². The van der Waals surface area contributed by atoms with Gasteiger partial charge in [-0.05, 0) is 18.2 Å². The van der Waals surface area contributed by atoms with Crippen LogP contribution >= 0.6 is 0 Å². The molecule has 0 bridgehead atoms. The molecule has 0 unspecified atom stereocenters. The molecule has 0 aliphatic rings. The van der Waals surface area contributed by atoms with Gasteiger partial charge in [0.25, 0.3) is 0 Å². The van der Waals surface area contributed by atoms with E-state index in [1.54, 1.807) is 26.5 Å². The van der Waals surface area contributed by atoms with Gasteiger partial charge in [-0.25, -0.2) is 9.97 Å². The quantitative estimate of drug-likeness (QED) is 0.730. The second kappa shape index (κ2) is 5.13. The van der Waals surface area contributed by atoms with Crippen LogP contribution in [0.1, 0.15) is 0 Å². The van der Waals surface area contributed by atoms with Gasteiger partial charge in [0.15, 0.2) is 0 Å². The molecule has 0 aliphatic carbocycles. The maximum atomic E-state index is 5.34. The maximum Gasteiger partial charge on any atom is 0.216 e. The van der Waals surface area contributed by atoms with Crippen LogP contribution in [0.15, 0.2) is 42.9 Å². The van der Waals surface area contributed by atoms with Gasteiger partial charge in [0.2, 0.25) is 5.88 Å². The topological polar surface area (TPSA) is 57.1 Å². The lowest BCUT2D eigenvalue weighted by molar-refractivity contribution is 0.397. The van der Waals surface area contributed by atoms with Crippen molar-refractivity contribution in [3.8, 4) is 22.9 Å². The first-order valence-corrected chi connectivity index (χ1v) is 6.11. The molecule has 0 saturated carbocycles. The number of fused-ring (bicyclic) bond motifs is 1. The first kappa shape index (κ1) is 12.3. The van der Waals surface area contributed by atoms with E-state index in [0.717, 1.165) is 27.9 Å². The highest BCUT2D eigenvalue weighted by Gasteiger charge is 2.10. The minimum atomic E-state index is 0.530. The fourth-order valence-electron chi connectivity index (χ4n) is 2.13. The van der Waals surface area contributed by atoms with Crippen LogP contribution in [-0.4, -0.2) is 29.2 Å². The zero-order valence-electron chi connectivity index (χ0n) is 11.2. The Hall–Kier alpha value is -2.69. The molecule has 0 N–H and O–H groups in total. The third kappa shape index (κ3) is 2.03. The molecule has 0 spiro atoms. The molecule has 100 valence electrons. The zero-order chi connectivity index (χ0) is 13.9. The fraction of sp³-hybridized carbons (Fsp3) is 0.133. The average molecular weight is 267 g/mol. The Kier molecular flexibility index (Phi) is 3.16. The van der Waals surface area contributed by atoms with Crippen molar-refractivity contribution in [3.63, 3.8) is 0 Å². The van der Waals surface area contributed by atoms with E-state index in [1.165, 1.54) is 6.33 Å². The largest absolute Gasteiger partial charge is 0.494 e. The molecule has 5 heteroatoms. The van der Waals surface area contributed by atoms with E-state index in [2.05, 4.69) is 15.0 Å². The molecule has 3 aromatic rings. The van der Waals surface area contributed by atoms with Gasteiger partial charge in [-0.1, -0.05) is 6.07 Å². The van der Waals surface area contributed by atoms with Crippen molar-refractivity contribution in [1.82, 2.24) is 15.0 Å². The van der Waals surface area contributed by atoms with Gasteiger partial charge in [-0.3, -0.25) is 4.98 Å². The van der Waals surface area contributed by atoms with Crippen LogP contribution in [0.4, 0.5) is 0 Å². The highest BCUT2D eigenvalue weighted by molar-refractivity contribution is 5.97. The van der Waals surface area contributed by atoms with Crippen LogP contribution in [-0.2, 0) is 0 Å². The molecule has 0 aliphatic heterocycles. The molecule has 0 saturated heterocycles. The Labute approximate surface area is 116 Å². The Morgan fingerprint density at radius 2 is 1.85 bits per heavy atom. The number of ether oxygens (including phenoxy) is 2. The molecule has 5 nitrogen and oxygen atoms in total. The Balaban J connectivity index is 2.26. The van der Waals surface area contributed by atoms with Gasteiger partial charge in [0, 0.05) is 23.2 Å². The van der Waals surface area contributed by atoms with Gasteiger partial charge >= 0.3 is 0 Å². The predicted octanol–water partition coefficient (Wildman–Crippen LogP) is 2.71. The summed E-state index contributed by atoms with van der Waals surface area (Å²) < 4.78 is 10.5. The summed E-state index contributed by atoms with van der Waals surface area (Å²) in [6, 6.07) is 9.54. The van der Waals surface area contributed by atoms with Crippen molar-refractivity contribution < 1.29 is 9.47 Å². The van der Waals surface area contributed by atoms with E-state index in [-0.39, 0.29) is 0 Å². The SMILES string of the molecule is COc1cc(-c2ccc(OC)c3ncccc23)ncn1. The molecule has 0 amide bonds. The molecule has 1 aromatic carbocycles. The van der Waals surface area contributed by atoms with Gasteiger partial charge in [-0.15, -0.1) is 0 Å². The molecule has 20 heavy (non-hydrogen) atoms. The summed E-state index contributed by atoms with van der Waals surface area (Å²) >= 11 is 0. The van der Waals surface area contributed by atoms with E-state index in [0.29, 0.717) is 5.88 Å². The Morgan fingerprint density at radius 1 is 0.950 bits per heavy atom. The summed E-state index contributed by atoms with van der Waals surface area (Å²) in [5.41, 5.74) is 2.57. The van der Waals surface area contributed by atoms with Crippen LogP contribution in [0.3, 0.4) is 0 Å². The van der Waals surface area contributed by atoms with Gasteiger partial charge in [0.1, 0.15) is 17.6 Å². The van der Waals surface area contributed by atoms with E-state index in [1.807, 2.05) is 24.3 Å². The molecular formula is C15H13N3O2. The van der Waals surface area contributed by atoms with Crippen LogP contribution in [0.2, 0.25) is 0 Å². The Bertz CT molecular complexity index is 759. The molecule has 2 heterocycles. The third-order valence-electron chi connectivity index (χ3n) is 3.08.